The number of benzene rings is 1. The molecular formula is C14H17NO5. The fourth-order valence-electron chi connectivity index (χ4n) is 2.64. The number of nitrogens with zero attached hydrogens (tertiary/aromatic N) is 1. The van der Waals surface area contributed by atoms with Crippen molar-refractivity contribution in [1.29, 1.82) is 0 Å². The van der Waals surface area contributed by atoms with E-state index in [1.165, 1.54) is 0 Å². The molecule has 3 rings (SSSR count). The van der Waals surface area contributed by atoms with E-state index in [0.29, 0.717) is 0 Å². The zero-order chi connectivity index (χ0) is 14.2. The summed E-state index contributed by atoms with van der Waals surface area (Å²) in [6.07, 6.45) is 0. The molecule has 2 heterocycles. The van der Waals surface area contributed by atoms with Crippen molar-refractivity contribution in [2.75, 3.05) is 26.5 Å². The van der Waals surface area contributed by atoms with Crippen LogP contribution >= 0.6 is 0 Å². The first-order valence-corrected chi connectivity index (χ1v) is 6.51. The molecule has 1 N–H and O–H groups in total. The standard InChI is InChI=1S/C14H17NO5/c1-14(20-6-13(16)17)7-15(8-14)5-10-2-3-11-12(4-10)19-9-18-11/h2-4H,5-9H2,1H3,(H,16,17). The van der Waals surface area contributed by atoms with Crippen LogP contribution in [0.4, 0.5) is 0 Å². The highest BCUT2D eigenvalue weighted by Crippen LogP contribution is 2.34. The third kappa shape index (κ3) is 2.71. The molecule has 6 nitrogen and oxygen atoms in total. The predicted molar refractivity (Wildman–Crippen MR) is 69.8 cm³/mol. The number of hydrogen-bond donors (Lipinski definition) is 1. The van der Waals surface area contributed by atoms with Crippen LogP contribution in [0, 0.1) is 0 Å². The number of carboxylic acids is 1. The molecule has 0 unspecified atom stereocenters. The fourth-order valence-corrected chi connectivity index (χ4v) is 2.64. The van der Waals surface area contributed by atoms with E-state index in [-0.39, 0.29) is 19.0 Å². The van der Waals surface area contributed by atoms with Crippen molar-refractivity contribution in [1.82, 2.24) is 4.90 Å². The van der Waals surface area contributed by atoms with Gasteiger partial charge >= 0.3 is 5.97 Å². The van der Waals surface area contributed by atoms with Gasteiger partial charge in [-0.15, -0.1) is 0 Å². The Morgan fingerprint density at radius 2 is 2.15 bits per heavy atom. The van der Waals surface area contributed by atoms with Crippen molar-refractivity contribution in [3.63, 3.8) is 0 Å². The number of fused-ring (bicyclic) bond motifs is 1. The third-order valence-corrected chi connectivity index (χ3v) is 3.50. The average Bonchev–Trinajstić information content (AvgIpc) is 2.82. The number of hydrogen-bond acceptors (Lipinski definition) is 5. The maximum absolute atomic E-state index is 10.5. The van der Waals surface area contributed by atoms with Crippen molar-refractivity contribution in [2.45, 2.75) is 19.1 Å². The van der Waals surface area contributed by atoms with Gasteiger partial charge in [-0.2, -0.15) is 0 Å². The summed E-state index contributed by atoms with van der Waals surface area (Å²) < 4.78 is 16.0. The third-order valence-electron chi connectivity index (χ3n) is 3.50. The smallest absolute Gasteiger partial charge is 0.329 e. The Morgan fingerprint density at radius 3 is 2.90 bits per heavy atom. The molecule has 0 aromatic heterocycles. The molecule has 0 radical (unpaired) electrons. The summed E-state index contributed by atoms with van der Waals surface area (Å²) in [5.74, 6) is 0.639. The molecule has 1 saturated heterocycles. The van der Waals surface area contributed by atoms with E-state index in [2.05, 4.69) is 4.90 Å². The van der Waals surface area contributed by atoms with Crippen molar-refractivity contribution in [2.24, 2.45) is 0 Å². The summed E-state index contributed by atoms with van der Waals surface area (Å²) in [6, 6.07) is 5.91. The van der Waals surface area contributed by atoms with Crippen molar-refractivity contribution in [3.8, 4) is 11.5 Å². The second-order valence-electron chi connectivity index (χ2n) is 5.47. The maximum atomic E-state index is 10.5. The minimum Gasteiger partial charge on any atom is -0.480 e. The van der Waals surface area contributed by atoms with Gasteiger partial charge in [0.15, 0.2) is 11.5 Å². The zero-order valence-corrected chi connectivity index (χ0v) is 11.3. The first kappa shape index (κ1) is 13.2. The SMILES string of the molecule is CC1(OCC(=O)O)CN(Cc2ccc3c(c2)OCO3)C1. The van der Waals surface area contributed by atoms with E-state index in [0.717, 1.165) is 36.7 Å². The molecule has 2 aliphatic heterocycles. The van der Waals surface area contributed by atoms with E-state index in [4.69, 9.17) is 19.3 Å². The van der Waals surface area contributed by atoms with Gasteiger partial charge in [-0.05, 0) is 24.6 Å². The van der Waals surface area contributed by atoms with Gasteiger partial charge in [0, 0.05) is 19.6 Å². The van der Waals surface area contributed by atoms with Crippen molar-refractivity contribution < 1.29 is 24.1 Å². The monoisotopic (exact) mass is 279 g/mol. The van der Waals surface area contributed by atoms with Gasteiger partial charge < -0.3 is 19.3 Å². The minimum atomic E-state index is -0.930. The molecule has 0 aliphatic carbocycles. The summed E-state index contributed by atoms with van der Waals surface area (Å²) in [5, 5.41) is 8.62. The van der Waals surface area contributed by atoms with Gasteiger partial charge in [0.25, 0.3) is 0 Å². The predicted octanol–water partition coefficient (Wildman–Crippen LogP) is 1.09. The number of carbonyl (C=O) groups is 1. The van der Waals surface area contributed by atoms with Gasteiger partial charge in [0.1, 0.15) is 6.61 Å². The van der Waals surface area contributed by atoms with Gasteiger partial charge in [0.2, 0.25) is 6.79 Å². The van der Waals surface area contributed by atoms with Gasteiger partial charge in [-0.3, -0.25) is 4.90 Å². The highest BCUT2D eigenvalue weighted by molar-refractivity contribution is 5.68. The van der Waals surface area contributed by atoms with Crippen LogP contribution in [0.1, 0.15) is 12.5 Å². The van der Waals surface area contributed by atoms with E-state index in [9.17, 15) is 4.79 Å². The highest BCUT2D eigenvalue weighted by atomic mass is 16.7. The summed E-state index contributed by atoms with van der Waals surface area (Å²) in [7, 11) is 0. The van der Waals surface area contributed by atoms with Crippen molar-refractivity contribution >= 4 is 5.97 Å². The lowest BCUT2D eigenvalue weighted by Crippen LogP contribution is -2.61. The Balaban J connectivity index is 1.52. The molecule has 1 aromatic carbocycles. The first-order valence-electron chi connectivity index (χ1n) is 6.51. The summed E-state index contributed by atoms with van der Waals surface area (Å²) in [5.41, 5.74) is 0.795. The first-order chi connectivity index (χ1) is 9.54. The topological polar surface area (TPSA) is 68.2 Å². The second kappa shape index (κ2) is 4.96. The Kier molecular flexibility index (Phi) is 3.27. The van der Waals surface area contributed by atoms with Gasteiger partial charge in [0.05, 0.1) is 5.60 Å². The van der Waals surface area contributed by atoms with Crippen LogP contribution in [0.5, 0.6) is 11.5 Å². The molecule has 0 amide bonds. The quantitative estimate of drug-likeness (QED) is 0.870. The molecule has 1 aromatic rings. The molecule has 1 fully saturated rings. The normalized spacial score (nSPS) is 19.6. The van der Waals surface area contributed by atoms with Crippen LogP contribution in [-0.4, -0.2) is 48.1 Å². The molecule has 20 heavy (non-hydrogen) atoms. The molecular weight excluding hydrogens is 262 g/mol. The molecule has 6 heteroatoms. The van der Waals surface area contributed by atoms with Crippen LogP contribution in [0.3, 0.4) is 0 Å². The van der Waals surface area contributed by atoms with Crippen molar-refractivity contribution in [3.05, 3.63) is 23.8 Å². The lowest BCUT2D eigenvalue weighted by atomic mass is 9.95. The average molecular weight is 279 g/mol. The van der Waals surface area contributed by atoms with Crippen LogP contribution in [0.25, 0.3) is 0 Å². The Labute approximate surface area is 116 Å². The highest BCUT2D eigenvalue weighted by Gasteiger charge is 2.40. The Hall–Kier alpha value is -1.79. The van der Waals surface area contributed by atoms with E-state index in [1.807, 2.05) is 25.1 Å². The summed E-state index contributed by atoms with van der Waals surface area (Å²) in [4.78, 5) is 12.7. The number of rotatable bonds is 5. The molecule has 0 spiro atoms. The Morgan fingerprint density at radius 1 is 1.40 bits per heavy atom. The molecule has 0 saturated carbocycles. The fraction of sp³-hybridized carbons (Fsp3) is 0.500. The number of likely N-dealkylation sites (tertiary alicyclic amines) is 1. The van der Waals surface area contributed by atoms with Crippen LogP contribution < -0.4 is 9.47 Å². The number of carboxylic acid groups (broad SMARTS) is 1. The largest absolute Gasteiger partial charge is 0.480 e. The summed E-state index contributed by atoms with van der Waals surface area (Å²) in [6.45, 7) is 4.23. The molecule has 0 atom stereocenters. The van der Waals surface area contributed by atoms with E-state index in [1.54, 1.807) is 0 Å². The Bertz CT molecular complexity index is 524. The van der Waals surface area contributed by atoms with E-state index < -0.39 is 5.97 Å². The van der Waals surface area contributed by atoms with Gasteiger partial charge in [-0.25, -0.2) is 4.79 Å². The van der Waals surface area contributed by atoms with Gasteiger partial charge in [-0.1, -0.05) is 6.07 Å². The molecule has 2 aliphatic rings. The lowest BCUT2D eigenvalue weighted by Gasteiger charge is -2.47. The second-order valence-corrected chi connectivity index (χ2v) is 5.47. The molecule has 108 valence electrons. The van der Waals surface area contributed by atoms with Crippen LogP contribution in [0.2, 0.25) is 0 Å². The van der Waals surface area contributed by atoms with Crippen LogP contribution in [0.15, 0.2) is 18.2 Å². The minimum absolute atomic E-state index is 0.242. The number of aliphatic carboxylic acids is 1. The lowest BCUT2D eigenvalue weighted by molar-refractivity contribution is -0.165. The van der Waals surface area contributed by atoms with Crippen LogP contribution in [-0.2, 0) is 16.1 Å². The number of ether oxygens (including phenoxy) is 3. The maximum Gasteiger partial charge on any atom is 0.329 e. The zero-order valence-electron chi connectivity index (χ0n) is 11.3. The van der Waals surface area contributed by atoms with E-state index >= 15 is 0 Å². The summed E-state index contributed by atoms with van der Waals surface area (Å²) >= 11 is 0. The molecule has 0 bridgehead atoms.